The average Bonchev–Trinajstić information content (AvgIpc) is 3.22. The molecule has 2 aromatic carbocycles. The van der Waals surface area contributed by atoms with Gasteiger partial charge < -0.3 is 9.26 Å². The van der Waals surface area contributed by atoms with Gasteiger partial charge in [0.1, 0.15) is 18.1 Å². The molecule has 3 rings (SSSR count). The Labute approximate surface area is 174 Å². The van der Waals surface area contributed by atoms with Gasteiger partial charge in [0.2, 0.25) is 10.0 Å². The number of rotatable bonds is 8. The number of hydrogen-bond donors (Lipinski definition) is 0. The highest BCUT2D eigenvalue weighted by atomic mass is 32.2. The van der Waals surface area contributed by atoms with E-state index in [1.54, 1.807) is 32.0 Å². The molecule has 0 unspecified atom stereocenters. The Kier molecular flexibility index (Phi) is 6.63. The van der Waals surface area contributed by atoms with Crippen LogP contribution in [0, 0.1) is 5.82 Å². The molecule has 0 saturated heterocycles. The molecule has 1 heterocycles. The quantitative estimate of drug-likeness (QED) is 0.502. The molecule has 0 bridgehead atoms. The Morgan fingerprint density at radius 2 is 1.70 bits per heavy atom. The number of carbonyl (C=O) groups excluding carboxylic acids is 1. The fourth-order valence-electron chi connectivity index (χ4n) is 2.83. The van der Waals surface area contributed by atoms with Gasteiger partial charge in [-0.1, -0.05) is 19.0 Å². The summed E-state index contributed by atoms with van der Waals surface area (Å²) in [6, 6.07) is 12.9. The van der Waals surface area contributed by atoms with E-state index < -0.39 is 16.0 Å². The average molecular weight is 432 g/mol. The molecule has 0 atom stereocenters. The lowest BCUT2D eigenvalue weighted by molar-refractivity contribution is 0.0464. The van der Waals surface area contributed by atoms with Crippen LogP contribution in [0.15, 0.2) is 64.0 Å². The number of esters is 1. The summed E-state index contributed by atoms with van der Waals surface area (Å²) in [5, 5.41) is 3.83. The number of sulfonamides is 1. The van der Waals surface area contributed by atoms with Crippen molar-refractivity contribution in [3.8, 4) is 11.3 Å². The van der Waals surface area contributed by atoms with Crippen molar-refractivity contribution in [3.63, 3.8) is 0 Å². The number of aromatic nitrogens is 1. The molecule has 9 heteroatoms. The highest BCUT2D eigenvalue weighted by Crippen LogP contribution is 2.21. The highest BCUT2D eigenvalue weighted by molar-refractivity contribution is 7.89. The second kappa shape index (κ2) is 9.19. The first-order chi connectivity index (χ1) is 14.3. The first-order valence-corrected chi connectivity index (χ1v) is 10.8. The third kappa shape index (κ3) is 4.74. The van der Waals surface area contributed by atoms with E-state index in [1.807, 2.05) is 0 Å². The fraction of sp³-hybridized carbons (Fsp3) is 0.238. The van der Waals surface area contributed by atoms with Crippen LogP contribution in [0.25, 0.3) is 11.3 Å². The minimum atomic E-state index is -3.59. The summed E-state index contributed by atoms with van der Waals surface area (Å²) in [7, 11) is -3.59. The molecule has 7 nitrogen and oxygen atoms in total. The summed E-state index contributed by atoms with van der Waals surface area (Å²) in [6.07, 6.45) is 0. The number of benzene rings is 2. The van der Waals surface area contributed by atoms with E-state index in [9.17, 15) is 17.6 Å². The monoisotopic (exact) mass is 432 g/mol. The van der Waals surface area contributed by atoms with Gasteiger partial charge in [0.05, 0.1) is 10.5 Å². The Bertz CT molecular complexity index is 1110. The summed E-state index contributed by atoms with van der Waals surface area (Å²) in [4.78, 5) is 12.4. The molecular formula is C21H21FN2O5S. The molecule has 0 aliphatic carbocycles. The zero-order valence-corrected chi connectivity index (χ0v) is 17.4. The molecular weight excluding hydrogens is 411 g/mol. The molecule has 158 valence electrons. The van der Waals surface area contributed by atoms with E-state index in [0.29, 0.717) is 30.1 Å². The van der Waals surface area contributed by atoms with Gasteiger partial charge in [-0.3, -0.25) is 0 Å². The molecule has 3 aromatic rings. The third-order valence-electron chi connectivity index (χ3n) is 4.47. The van der Waals surface area contributed by atoms with Gasteiger partial charge >= 0.3 is 5.97 Å². The summed E-state index contributed by atoms with van der Waals surface area (Å²) in [6.45, 7) is 4.12. The van der Waals surface area contributed by atoms with Crippen molar-refractivity contribution in [2.24, 2.45) is 0 Å². The number of nitrogens with zero attached hydrogens (tertiary/aromatic N) is 2. The summed E-state index contributed by atoms with van der Waals surface area (Å²) in [5.41, 5.74) is 1.26. The van der Waals surface area contributed by atoms with Crippen molar-refractivity contribution in [2.75, 3.05) is 13.1 Å². The van der Waals surface area contributed by atoms with Crippen LogP contribution in [0.2, 0.25) is 0 Å². The van der Waals surface area contributed by atoms with Crippen molar-refractivity contribution in [2.45, 2.75) is 25.3 Å². The van der Waals surface area contributed by atoms with Crippen LogP contribution < -0.4 is 0 Å². The van der Waals surface area contributed by atoms with Gasteiger partial charge in [-0.2, -0.15) is 4.31 Å². The van der Waals surface area contributed by atoms with E-state index in [0.717, 1.165) is 0 Å². The molecule has 0 spiro atoms. The van der Waals surface area contributed by atoms with Crippen molar-refractivity contribution in [1.29, 1.82) is 0 Å². The van der Waals surface area contributed by atoms with Gasteiger partial charge in [-0.15, -0.1) is 0 Å². The van der Waals surface area contributed by atoms with Gasteiger partial charge in [-0.05, 0) is 48.5 Å². The Balaban J connectivity index is 1.64. The van der Waals surface area contributed by atoms with Crippen molar-refractivity contribution in [3.05, 3.63) is 71.7 Å². The van der Waals surface area contributed by atoms with Crippen LogP contribution in [0.5, 0.6) is 0 Å². The number of halogens is 1. The number of ether oxygens (including phenoxy) is 1. The minimum absolute atomic E-state index is 0.114. The third-order valence-corrected chi connectivity index (χ3v) is 6.54. The smallest absolute Gasteiger partial charge is 0.338 e. The molecule has 0 aliphatic heterocycles. The van der Waals surface area contributed by atoms with E-state index in [2.05, 4.69) is 5.16 Å². The van der Waals surface area contributed by atoms with Gasteiger partial charge in [0.15, 0.2) is 5.76 Å². The van der Waals surface area contributed by atoms with Gasteiger partial charge in [0.25, 0.3) is 0 Å². The van der Waals surface area contributed by atoms with Crippen molar-refractivity contribution < 1.29 is 26.9 Å². The van der Waals surface area contributed by atoms with Crippen molar-refractivity contribution >= 4 is 16.0 Å². The maximum absolute atomic E-state index is 13.0. The topological polar surface area (TPSA) is 89.7 Å². The maximum Gasteiger partial charge on any atom is 0.338 e. The Morgan fingerprint density at radius 3 is 2.30 bits per heavy atom. The van der Waals surface area contributed by atoms with Crippen molar-refractivity contribution in [1.82, 2.24) is 9.46 Å². The molecule has 0 fully saturated rings. The standard InChI is InChI=1S/C21H21FN2O5S/c1-3-24(4-2)30(26,27)19-11-7-16(8-12-19)21(25)28-14-18-13-20(29-23-18)15-5-9-17(22)10-6-15/h5-13H,3-4,14H2,1-2H3. The first kappa shape index (κ1) is 21.7. The SMILES string of the molecule is CCN(CC)S(=O)(=O)c1ccc(C(=O)OCc2cc(-c3ccc(F)cc3)on2)cc1. The fourth-order valence-corrected chi connectivity index (χ4v) is 4.29. The predicted molar refractivity (Wildman–Crippen MR) is 108 cm³/mol. The Morgan fingerprint density at radius 1 is 1.07 bits per heavy atom. The van der Waals surface area contributed by atoms with Crippen LogP contribution in [0.1, 0.15) is 29.9 Å². The largest absolute Gasteiger partial charge is 0.455 e. The number of carbonyl (C=O) groups is 1. The maximum atomic E-state index is 13.0. The molecule has 0 aliphatic rings. The number of hydrogen-bond acceptors (Lipinski definition) is 6. The van der Waals surface area contributed by atoms with Crippen LogP contribution >= 0.6 is 0 Å². The van der Waals surface area contributed by atoms with E-state index in [1.165, 1.54) is 40.7 Å². The lowest BCUT2D eigenvalue weighted by Gasteiger charge is -2.18. The first-order valence-electron chi connectivity index (χ1n) is 9.34. The summed E-state index contributed by atoms with van der Waals surface area (Å²) < 4.78 is 49.7. The summed E-state index contributed by atoms with van der Waals surface area (Å²) in [5.74, 6) is -0.552. The van der Waals surface area contributed by atoms with E-state index in [-0.39, 0.29) is 22.9 Å². The van der Waals surface area contributed by atoms with Gasteiger partial charge in [0, 0.05) is 24.7 Å². The normalized spacial score (nSPS) is 11.6. The van der Waals surface area contributed by atoms with Crippen LogP contribution in [-0.2, 0) is 21.4 Å². The lowest BCUT2D eigenvalue weighted by atomic mass is 10.1. The van der Waals surface area contributed by atoms with Crippen LogP contribution in [0.3, 0.4) is 0 Å². The second-order valence-electron chi connectivity index (χ2n) is 6.38. The van der Waals surface area contributed by atoms with E-state index in [4.69, 9.17) is 9.26 Å². The molecule has 0 N–H and O–H groups in total. The molecule has 30 heavy (non-hydrogen) atoms. The molecule has 0 amide bonds. The van der Waals surface area contributed by atoms with Gasteiger partial charge in [-0.25, -0.2) is 17.6 Å². The molecule has 0 saturated carbocycles. The molecule has 1 aromatic heterocycles. The summed E-state index contributed by atoms with van der Waals surface area (Å²) >= 11 is 0. The second-order valence-corrected chi connectivity index (χ2v) is 8.32. The Hall–Kier alpha value is -3.04. The lowest BCUT2D eigenvalue weighted by Crippen LogP contribution is -2.30. The predicted octanol–water partition coefficient (Wildman–Crippen LogP) is 3.87. The zero-order valence-electron chi connectivity index (χ0n) is 16.5. The van der Waals surface area contributed by atoms with Crippen LogP contribution in [0.4, 0.5) is 4.39 Å². The van der Waals surface area contributed by atoms with E-state index >= 15 is 0 Å². The zero-order chi connectivity index (χ0) is 21.7. The minimum Gasteiger partial charge on any atom is -0.455 e. The molecule has 0 radical (unpaired) electrons. The van der Waals surface area contributed by atoms with Crippen LogP contribution in [-0.4, -0.2) is 36.9 Å². The highest BCUT2D eigenvalue weighted by Gasteiger charge is 2.22.